The smallest absolute Gasteiger partial charge is 0.0199 e. The first-order valence-electron chi connectivity index (χ1n) is 6.00. The monoisotopic (exact) mass is 180 g/mol. The maximum Gasteiger partial charge on any atom is -0.0199 e. The summed E-state index contributed by atoms with van der Waals surface area (Å²) < 4.78 is 0. The molecule has 76 valence electrons. The van der Waals surface area contributed by atoms with E-state index in [0.717, 1.165) is 17.8 Å². The van der Waals surface area contributed by atoms with E-state index < -0.39 is 0 Å². The molecule has 0 bridgehead atoms. The summed E-state index contributed by atoms with van der Waals surface area (Å²) in [6.07, 6.45) is 11.6. The summed E-state index contributed by atoms with van der Waals surface area (Å²) in [6.45, 7) is 6.87. The van der Waals surface area contributed by atoms with Crippen LogP contribution >= 0.6 is 0 Å². The molecule has 0 aromatic heterocycles. The minimum Gasteiger partial charge on any atom is -0.0885 e. The van der Waals surface area contributed by atoms with Gasteiger partial charge in [0.05, 0.1) is 0 Å². The van der Waals surface area contributed by atoms with Crippen LogP contribution in [0.15, 0.2) is 12.2 Å². The molecule has 0 amide bonds. The zero-order valence-electron chi connectivity index (χ0n) is 9.42. The SMILES string of the molecule is CCC=CC1CC1C(CC)CCC. The molecule has 1 aliphatic rings. The van der Waals surface area contributed by atoms with Gasteiger partial charge in [-0.25, -0.2) is 0 Å². The van der Waals surface area contributed by atoms with E-state index in [1.54, 1.807) is 0 Å². The predicted octanol–water partition coefficient (Wildman–Crippen LogP) is 4.42. The van der Waals surface area contributed by atoms with Crippen molar-refractivity contribution < 1.29 is 0 Å². The van der Waals surface area contributed by atoms with Crippen molar-refractivity contribution in [1.29, 1.82) is 0 Å². The minimum absolute atomic E-state index is 0.941. The first kappa shape index (κ1) is 10.8. The average molecular weight is 180 g/mol. The first-order chi connectivity index (χ1) is 6.33. The second-order valence-electron chi connectivity index (χ2n) is 4.36. The molecule has 1 fully saturated rings. The molecule has 0 saturated heterocycles. The Labute approximate surface area is 83.4 Å². The van der Waals surface area contributed by atoms with Gasteiger partial charge in [-0.05, 0) is 30.6 Å². The van der Waals surface area contributed by atoms with Crippen molar-refractivity contribution in [2.75, 3.05) is 0 Å². The normalized spacial score (nSPS) is 29.5. The second-order valence-corrected chi connectivity index (χ2v) is 4.36. The topological polar surface area (TPSA) is 0 Å². The van der Waals surface area contributed by atoms with E-state index >= 15 is 0 Å². The molecule has 1 saturated carbocycles. The molecule has 0 aromatic rings. The fraction of sp³-hybridized carbons (Fsp3) is 0.846. The number of hydrogen-bond donors (Lipinski definition) is 0. The predicted molar refractivity (Wildman–Crippen MR) is 59.7 cm³/mol. The number of hydrogen-bond acceptors (Lipinski definition) is 0. The summed E-state index contributed by atoms with van der Waals surface area (Å²) in [6, 6.07) is 0. The van der Waals surface area contributed by atoms with Crippen LogP contribution in [0.4, 0.5) is 0 Å². The Balaban J connectivity index is 2.26. The van der Waals surface area contributed by atoms with Crippen LogP contribution in [0.2, 0.25) is 0 Å². The van der Waals surface area contributed by atoms with Gasteiger partial charge >= 0.3 is 0 Å². The molecule has 0 heterocycles. The zero-order valence-corrected chi connectivity index (χ0v) is 9.42. The van der Waals surface area contributed by atoms with Gasteiger partial charge < -0.3 is 0 Å². The van der Waals surface area contributed by atoms with Gasteiger partial charge in [0.2, 0.25) is 0 Å². The first-order valence-corrected chi connectivity index (χ1v) is 6.00. The van der Waals surface area contributed by atoms with E-state index in [1.807, 2.05) is 0 Å². The van der Waals surface area contributed by atoms with Crippen LogP contribution in [-0.4, -0.2) is 0 Å². The van der Waals surface area contributed by atoms with Gasteiger partial charge in [0.25, 0.3) is 0 Å². The van der Waals surface area contributed by atoms with Crippen LogP contribution in [0.25, 0.3) is 0 Å². The summed E-state index contributed by atoms with van der Waals surface area (Å²) in [5, 5.41) is 0. The van der Waals surface area contributed by atoms with Crippen LogP contribution in [0.3, 0.4) is 0 Å². The van der Waals surface area contributed by atoms with Crippen LogP contribution in [0, 0.1) is 17.8 Å². The van der Waals surface area contributed by atoms with Crippen molar-refractivity contribution in [3.8, 4) is 0 Å². The van der Waals surface area contributed by atoms with Crippen LogP contribution < -0.4 is 0 Å². The maximum absolute atomic E-state index is 2.45. The Bertz CT molecular complexity index is 157. The maximum atomic E-state index is 2.45. The van der Waals surface area contributed by atoms with Crippen molar-refractivity contribution in [3.05, 3.63) is 12.2 Å². The highest BCUT2D eigenvalue weighted by Crippen LogP contribution is 2.48. The molecular formula is C13H24. The third-order valence-electron chi connectivity index (χ3n) is 3.30. The third-order valence-corrected chi connectivity index (χ3v) is 3.30. The molecule has 1 rings (SSSR count). The Morgan fingerprint density at radius 2 is 2.08 bits per heavy atom. The highest BCUT2D eigenvalue weighted by Gasteiger charge is 2.39. The summed E-state index contributed by atoms with van der Waals surface area (Å²) in [5.41, 5.74) is 0. The van der Waals surface area contributed by atoms with E-state index in [2.05, 4.69) is 32.9 Å². The van der Waals surface area contributed by atoms with E-state index in [4.69, 9.17) is 0 Å². The lowest BCUT2D eigenvalue weighted by atomic mass is 9.94. The quantitative estimate of drug-likeness (QED) is 0.531. The molecule has 13 heavy (non-hydrogen) atoms. The summed E-state index contributed by atoms with van der Waals surface area (Å²) in [7, 11) is 0. The molecule has 0 aliphatic heterocycles. The fourth-order valence-electron chi connectivity index (χ4n) is 2.40. The van der Waals surface area contributed by atoms with Gasteiger partial charge in [0, 0.05) is 0 Å². The summed E-state index contributed by atoms with van der Waals surface area (Å²) >= 11 is 0. The molecule has 0 radical (unpaired) electrons. The minimum atomic E-state index is 0.941. The van der Waals surface area contributed by atoms with E-state index in [-0.39, 0.29) is 0 Å². The summed E-state index contributed by atoms with van der Waals surface area (Å²) in [4.78, 5) is 0. The van der Waals surface area contributed by atoms with Gasteiger partial charge in [0.1, 0.15) is 0 Å². The standard InChI is InChI=1S/C13H24/c1-4-7-9-12-10-13(12)11(6-3)8-5-2/h7,9,11-13H,4-6,8,10H2,1-3H3. The zero-order chi connectivity index (χ0) is 9.68. The lowest BCUT2D eigenvalue weighted by Crippen LogP contribution is -2.01. The van der Waals surface area contributed by atoms with Gasteiger partial charge in [-0.3, -0.25) is 0 Å². The lowest BCUT2D eigenvalue weighted by molar-refractivity contribution is 0.399. The van der Waals surface area contributed by atoms with Crippen molar-refractivity contribution >= 4 is 0 Å². The highest BCUT2D eigenvalue weighted by molar-refractivity contribution is 5.03. The number of rotatable bonds is 6. The van der Waals surface area contributed by atoms with E-state index in [1.165, 1.54) is 32.1 Å². The Kier molecular flexibility index (Phi) is 4.55. The molecule has 0 nitrogen and oxygen atoms in total. The molecule has 0 N–H and O–H groups in total. The Morgan fingerprint density at radius 3 is 2.62 bits per heavy atom. The van der Waals surface area contributed by atoms with Gasteiger partial charge in [-0.2, -0.15) is 0 Å². The molecule has 1 aliphatic carbocycles. The largest absolute Gasteiger partial charge is 0.0885 e. The van der Waals surface area contributed by atoms with Crippen LogP contribution in [-0.2, 0) is 0 Å². The lowest BCUT2D eigenvalue weighted by Gasteiger charge is -2.12. The molecule has 0 aromatic carbocycles. The van der Waals surface area contributed by atoms with Crippen molar-refractivity contribution in [2.24, 2.45) is 17.8 Å². The Hall–Kier alpha value is -0.260. The molecule has 0 spiro atoms. The van der Waals surface area contributed by atoms with E-state index in [9.17, 15) is 0 Å². The fourth-order valence-corrected chi connectivity index (χ4v) is 2.40. The van der Waals surface area contributed by atoms with Crippen molar-refractivity contribution in [1.82, 2.24) is 0 Å². The molecule has 0 heteroatoms. The molecule has 3 unspecified atom stereocenters. The molecular weight excluding hydrogens is 156 g/mol. The van der Waals surface area contributed by atoms with Gasteiger partial charge in [0.15, 0.2) is 0 Å². The third kappa shape index (κ3) is 3.17. The van der Waals surface area contributed by atoms with E-state index in [0.29, 0.717) is 0 Å². The molecule has 3 atom stereocenters. The highest BCUT2D eigenvalue weighted by atomic mass is 14.4. The van der Waals surface area contributed by atoms with Gasteiger partial charge in [-0.15, -0.1) is 0 Å². The van der Waals surface area contributed by atoms with Crippen LogP contribution in [0.5, 0.6) is 0 Å². The van der Waals surface area contributed by atoms with Crippen LogP contribution in [0.1, 0.15) is 52.9 Å². The second kappa shape index (κ2) is 5.47. The average Bonchev–Trinajstić information content (AvgIpc) is 2.90. The van der Waals surface area contributed by atoms with Gasteiger partial charge in [-0.1, -0.05) is 52.2 Å². The number of allylic oxidation sites excluding steroid dienone is 2. The Morgan fingerprint density at radius 1 is 1.31 bits per heavy atom. The van der Waals surface area contributed by atoms with Crippen molar-refractivity contribution in [3.63, 3.8) is 0 Å². The van der Waals surface area contributed by atoms with Crippen molar-refractivity contribution in [2.45, 2.75) is 52.9 Å². The summed E-state index contributed by atoms with van der Waals surface area (Å²) in [5.74, 6) is 2.99.